The highest BCUT2D eigenvalue weighted by Crippen LogP contribution is 2.41. The van der Waals surface area contributed by atoms with Gasteiger partial charge in [0.1, 0.15) is 5.82 Å². The van der Waals surface area contributed by atoms with Gasteiger partial charge in [0, 0.05) is 17.2 Å². The van der Waals surface area contributed by atoms with Gasteiger partial charge < -0.3 is 0 Å². The highest BCUT2D eigenvalue weighted by atomic mass is 32.2. The molecule has 0 saturated carbocycles. The van der Waals surface area contributed by atoms with Gasteiger partial charge in [-0.2, -0.15) is 4.68 Å². The standard InChI is InChI=1S/C18H14FN3OS/c1-11-3-2-4-13(9-11)17-20-18-22(21-17)16(23)10-15(24-18)12-5-7-14(19)8-6-12/h2-9,15H,10H2,1H3/t15-/m0/s1. The Bertz CT molecular complexity index is 920. The molecule has 0 spiro atoms. The number of aryl methyl sites for hydroxylation is 1. The maximum atomic E-state index is 13.1. The molecule has 0 radical (unpaired) electrons. The zero-order valence-electron chi connectivity index (χ0n) is 12.9. The van der Waals surface area contributed by atoms with E-state index in [-0.39, 0.29) is 17.0 Å². The summed E-state index contributed by atoms with van der Waals surface area (Å²) in [5.74, 6) is 0.176. The first-order chi connectivity index (χ1) is 11.6. The number of fused-ring (bicyclic) bond motifs is 1. The van der Waals surface area contributed by atoms with Gasteiger partial charge in [0.2, 0.25) is 0 Å². The Balaban J connectivity index is 1.68. The van der Waals surface area contributed by atoms with Crippen LogP contribution >= 0.6 is 11.8 Å². The molecule has 0 aliphatic carbocycles. The Hall–Kier alpha value is -2.47. The maximum absolute atomic E-state index is 13.1. The van der Waals surface area contributed by atoms with E-state index in [2.05, 4.69) is 10.1 Å². The van der Waals surface area contributed by atoms with Crippen molar-refractivity contribution in [1.29, 1.82) is 0 Å². The summed E-state index contributed by atoms with van der Waals surface area (Å²) >= 11 is 1.49. The SMILES string of the molecule is Cc1cccc(-c2nc3n(n2)C(=O)C[C@@H](c2ccc(F)cc2)S3)c1. The third-order valence-corrected chi connectivity index (χ3v) is 5.14. The second-order valence-corrected chi connectivity index (χ2v) is 6.93. The second kappa shape index (κ2) is 5.87. The van der Waals surface area contributed by atoms with E-state index in [9.17, 15) is 9.18 Å². The highest BCUT2D eigenvalue weighted by Gasteiger charge is 2.30. The van der Waals surface area contributed by atoms with E-state index in [1.165, 1.54) is 28.6 Å². The fraction of sp³-hybridized carbons (Fsp3) is 0.167. The van der Waals surface area contributed by atoms with Gasteiger partial charge in [-0.3, -0.25) is 4.79 Å². The van der Waals surface area contributed by atoms with Crippen LogP contribution in [0.3, 0.4) is 0 Å². The minimum Gasteiger partial charge on any atom is -0.272 e. The van der Waals surface area contributed by atoms with Gasteiger partial charge in [-0.05, 0) is 30.7 Å². The fourth-order valence-corrected chi connectivity index (χ4v) is 3.88. The zero-order chi connectivity index (χ0) is 16.7. The molecule has 2 heterocycles. The van der Waals surface area contributed by atoms with Crippen molar-refractivity contribution in [1.82, 2.24) is 14.8 Å². The van der Waals surface area contributed by atoms with Crippen molar-refractivity contribution in [2.45, 2.75) is 23.8 Å². The van der Waals surface area contributed by atoms with Crippen LogP contribution in [0.5, 0.6) is 0 Å². The molecular formula is C18H14FN3OS. The average Bonchev–Trinajstić information content (AvgIpc) is 3.00. The van der Waals surface area contributed by atoms with Gasteiger partial charge in [-0.15, -0.1) is 5.10 Å². The van der Waals surface area contributed by atoms with Crippen LogP contribution in [0, 0.1) is 12.7 Å². The second-order valence-electron chi connectivity index (χ2n) is 5.76. The van der Waals surface area contributed by atoms with Crippen LogP contribution in [0.2, 0.25) is 0 Å². The highest BCUT2D eigenvalue weighted by molar-refractivity contribution is 7.99. The topological polar surface area (TPSA) is 47.8 Å². The number of rotatable bonds is 2. The van der Waals surface area contributed by atoms with Gasteiger partial charge in [-0.1, -0.05) is 47.7 Å². The molecule has 6 heteroatoms. The number of carbonyl (C=O) groups is 1. The lowest BCUT2D eigenvalue weighted by atomic mass is 10.1. The molecule has 24 heavy (non-hydrogen) atoms. The summed E-state index contributed by atoms with van der Waals surface area (Å²) in [5, 5.41) is 4.87. The third kappa shape index (κ3) is 2.73. The minimum absolute atomic E-state index is 0.0693. The quantitative estimate of drug-likeness (QED) is 0.699. The van der Waals surface area contributed by atoms with Crippen LogP contribution in [0.1, 0.15) is 27.6 Å². The van der Waals surface area contributed by atoms with Crippen molar-refractivity contribution in [3.05, 3.63) is 65.5 Å². The Labute approximate surface area is 142 Å². The van der Waals surface area contributed by atoms with Crippen molar-refractivity contribution < 1.29 is 9.18 Å². The van der Waals surface area contributed by atoms with E-state index < -0.39 is 0 Å². The number of hydrogen-bond donors (Lipinski definition) is 0. The predicted molar refractivity (Wildman–Crippen MR) is 90.4 cm³/mol. The molecule has 0 amide bonds. The first-order valence-electron chi connectivity index (χ1n) is 7.59. The fourth-order valence-electron chi connectivity index (χ4n) is 2.72. The largest absolute Gasteiger partial charge is 0.272 e. The Morgan fingerprint density at radius 1 is 1.21 bits per heavy atom. The van der Waals surface area contributed by atoms with E-state index >= 15 is 0 Å². The van der Waals surface area contributed by atoms with Gasteiger partial charge in [-0.25, -0.2) is 9.37 Å². The van der Waals surface area contributed by atoms with Gasteiger partial charge in [0.05, 0.1) is 0 Å². The molecule has 2 aromatic carbocycles. The summed E-state index contributed by atoms with van der Waals surface area (Å²) in [4.78, 5) is 16.9. The summed E-state index contributed by atoms with van der Waals surface area (Å²) in [6.45, 7) is 2.00. The summed E-state index contributed by atoms with van der Waals surface area (Å²) in [7, 11) is 0. The number of halogens is 1. The van der Waals surface area contributed by atoms with Crippen LogP contribution in [0.4, 0.5) is 4.39 Å². The van der Waals surface area contributed by atoms with Crippen molar-refractivity contribution in [2.24, 2.45) is 0 Å². The normalized spacial score (nSPS) is 16.9. The number of hydrogen-bond acceptors (Lipinski definition) is 4. The van der Waals surface area contributed by atoms with Crippen LogP contribution < -0.4 is 0 Å². The van der Waals surface area contributed by atoms with E-state index in [1.54, 1.807) is 12.1 Å². The number of aromatic nitrogens is 3. The summed E-state index contributed by atoms with van der Waals surface area (Å²) in [6, 6.07) is 14.1. The summed E-state index contributed by atoms with van der Waals surface area (Å²) < 4.78 is 14.5. The lowest BCUT2D eigenvalue weighted by molar-refractivity contribution is 0.0868. The molecule has 0 bridgehead atoms. The van der Waals surface area contributed by atoms with Crippen LogP contribution in [0.15, 0.2) is 53.7 Å². The lowest BCUT2D eigenvalue weighted by Gasteiger charge is -2.20. The molecule has 4 nitrogen and oxygen atoms in total. The Kier molecular flexibility index (Phi) is 3.69. The molecule has 0 unspecified atom stereocenters. The molecular weight excluding hydrogens is 325 g/mol. The molecule has 0 N–H and O–H groups in total. The molecule has 1 aliphatic heterocycles. The molecule has 1 aliphatic rings. The van der Waals surface area contributed by atoms with Crippen LogP contribution in [0.25, 0.3) is 11.4 Å². The summed E-state index contributed by atoms with van der Waals surface area (Å²) in [5.41, 5.74) is 2.92. The average molecular weight is 339 g/mol. The van der Waals surface area contributed by atoms with Gasteiger partial charge in [0.15, 0.2) is 11.0 Å². The van der Waals surface area contributed by atoms with Crippen molar-refractivity contribution in [3.8, 4) is 11.4 Å². The van der Waals surface area contributed by atoms with Crippen molar-refractivity contribution >= 4 is 17.7 Å². The first kappa shape index (κ1) is 15.1. The van der Waals surface area contributed by atoms with E-state index in [4.69, 9.17) is 0 Å². The third-order valence-electron chi connectivity index (χ3n) is 3.94. The number of benzene rings is 2. The molecule has 1 atom stereocenters. The number of nitrogens with zero attached hydrogens (tertiary/aromatic N) is 3. The van der Waals surface area contributed by atoms with Crippen molar-refractivity contribution in [3.63, 3.8) is 0 Å². The first-order valence-corrected chi connectivity index (χ1v) is 8.47. The van der Waals surface area contributed by atoms with Crippen molar-refractivity contribution in [2.75, 3.05) is 0 Å². The van der Waals surface area contributed by atoms with E-state index in [0.717, 1.165) is 16.7 Å². The molecule has 120 valence electrons. The molecule has 0 saturated heterocycles. The monoisotopic (exact) mass is 339 g/mol. The molecule has 3 aromatic rings. The van der Waals surface area contributed by atoms with E-state index in [0.29, 0.717) is 17.4 Å². The van der Waals surface area contributed by atoms with Gasteiger partial charge >= 0.3 is 0 Å². The van der Waals surface area contributed by atoms with Gasteiger partial charge in [0.25, 0.3) is 5.91 Å². The van der Waals surface area contributed by atoms with E-state index in [1.807, 2.05) is 31.2 Å². The Morgan fingerprint density at radius 3 is 2.75 bits per heavy atom. The predicted octanol–water partition coefficient (Wildman–Crippen LogP) is 4.27. The zero-order valence-corrected chi connectivity index (χ0v) is 13.8. The maximum Gasteiger partial charge on any atom is 0.250 e. The number of thioether (sulfide) groups is 1. The Morgan fingerprint density at radius 2 is 2.00 bits per heavy atom. The van der Waals surface area contributed by atoms with Crippen LogP contribution in [-0.2, 0) is 0 Å². The minimum atomic E-state index is -0.282. The summed E-state index contributed by atoms with van der Waals surface area (Å²) in [6.07, 6.45) is 0.319. The van der Waals surface area contributed by atoms with Crippen LogP contribution in [-0.4, -0.2) is 20.7 Å². The smallest absolute Gasteiger partial charge is 0.250 e. The lowest BCUT2D eigenvalue weighted by Crippen LogP contribution is -2.20. The molecule has 0 fully saturated rings. The molecule has 4 rings (SSSR count). The number of carbonyl (C=O) groups excluding carboxylic acids is 1. The molecule has 1 aromatic heterocycles.